The zero-order valence-electron chi connectivity index (χ0n) is 13.6. The van der Waals surface area contributed by atoms with Crippen molar-refractivity contribution in [2.75, 3.05) is 5.32 Å². The van der Waals surface area contributed by atoms with Crippen LogP contribution in [-0.2, 0) is 17.5 Å². The van der Waals surface area contributed by atoms with Gasteiger partial charge in [0.25, 0.3) is 5.69 Å². The molecule has 0 fully saturated rings. The standard InChI is InChI=1S/C14H14F3N5O3S/c1-3-21-7-18-20-13(21)26-8(2)12(23)19-11-5-4-9(22(24)25)6-10(11)14(15,16)17/h4-8H,3H2,1-2H3,(H,19,23)/t8-/m1/s1. The Kier molecular flexibility index (Phi) is 5.85. The summed E-state index contributed by atoms with van der Waals surface area (Å²) in [5, 5.41) is 20.1. The summed E-state index contributed by atoms with van der Waals surface area (Å²) >= 11 is 1.04. The van der Waals surface area contributed by atoms with Crippen LogP contribution in [0.5, 0.6) is 0 Å². The number of nitro benzene ring substituents is 1. The van der Waals surface area contributed by atoms with Gasteiger partial charge in [0.2, 0.25) is 5.91 Å². The van der Waals surface area contributed by atoms with Crippen LogP contribution in [0.2, 0.25) is 0 Å². The van der Waals surface area contributed by atoms with Crippen LogP contribution >= 0.6 is 11.8 Å². The number of non-ortho nitro benzene ring substituents is 1. The number of aryl methyl sites for hydroxylation is 1. The van der Waals surface area contributed by atoms with Gasteiger partial charge in [-0.2, -0.15) is 13.2 Å². The zero-order chi connectivity index (χ0) is 19.5. The first-order valence-corrected chi connectivity index (χ1v) is 8.22. The molecule has 12 heteroatoms. The summed E-state index contributed by atoms with van der Waals surface area (Å²) in [6.07, 6.45) is -3.38. The molecule has 2 rings (SSSR count). The topological polar surface area (TPSA) is 103 Å². The minimum absolute atomic E-state index is 0.390. The van der Waals surface area contributed by atoms with E-state index in [1.165, 1.54) is 13.3 Å². The van der Waals surface area contributed by atoms with Gasteiger partial charge in [0.15, 0.2) is 5.16 Å². The maximum Gasteiger partial charge on any atom is 0.418 e. The van der Waals surface area contributed by atoms with E-state index in [2.05, 4.69) is 15.5 Å². The number of nitrogens with one attached hydrogen (secondary N) is 1. The molecule has 1 atom stereocenters. The normalized spacial score (nSPS) is 12.7. The Bertz CT molecular complexity index is 824. The van der Waals surface area contributed by atoms with Gasteiger partial charge in [-0.05, 0) is 19.9 Å². The molecule has 8 nitrogen and oxygen atoms in total. The summed E-state index contributed by atoms with van der Waals surface area (Å²) in [4.78, 5) is 22.0. The fraction of sp³-hybridized carbons (Fsp3) is 0.357. The monoisotopic (exact) mass is 389 g/mol. The van der Waals surface area contributed by atoms with Crippen molar-refractivity contribution >= 4 is 29.0 Å². The number of rotatable bonds is 6. The molecule has 0 saturated carbocycles. The summed E-state index contributed by atoms with van der Waals surface area (Å²) in [5.41, 5.74) is -2.54. The average molecular weight is 389 g/mol. The molecule has 0 unspecified atom stereocenters. The van der Waals surface area contributed by atoms with Crippen molar-refractivity contribution in [3.63, 3.8) is 0 Å². The smallest absolute Gasteiger partial charge is 0.325 e. The van der Waals surface area contributed by atoms with Crippen molar-refractivity contribution < 1.29 is 22.9 Å². The number of amides is 1. The number of thioether (sulfide) groups is 1. The van der Waals surface area contributed by atoms with Crippen molar-refractivity contribution in [3.8, 4) is 0 Å². The van der Waals surface area contributed by atoms with Crippen molar-refractivity contribution in [3.05, 3.63) is 40.2 Å². The Morgan fingerprint density at radius 2 is 2.15 bits per heavy atom. The van der Waals surface area contributed by atoms with Crippen LogP contribution in [0.1, 0.15) is 19.4 Å². The lowest BCUT2D eigenvalue weighted by Gasteiger charge is -2.16. The third-order valence-electron chi connectivity index (χ3n) is 3.35. The number of carbonyl (C=O) groups is 1. The van der Waals surface area contributed by atoms with Crippen LogP contribution in [0.15, 0.2) is 29.7 Å². The van der Waals surface area contributed by atoms with E-state index < -0.39 is 39.2 Å². The molecular weight excluding hydrogens is 375 g/mol. The molecule has 26 heavy (non-hydrogen) atoms. The summed E-state index contributed by atoms with van der Waals surface area (Å²) in [6.45, 7) is 3.93. The summed E-state index contributed by atoms with van der Waals surface area (Å²) in [6, 6.07) is 2.16. The molecule has 1 amide bonds. The highest BCUT2D eigenvalue weighted by Gasteiger charge is 2.36. The average Bonchev–Trinajstić information content (AvgIpc) is 3.01. The second-order valence-corrected chi connectivity index (χ2v) is 6.44. The zero-order valence-corrected chi connectivity index (χ0v) is 14.5. The van der Waals surface area contributed by atoms with Crippen LogP contribution in [0.25, 0.3) is 0 Å². The van der Waals surface area contributed by atoms with Gasteiger partial charge in [-0.25, -0.2) is 0 Å². The quantitative estimate of drug-likeness (QED) is 0.462. The first-order chi connectivity index (χ1) is 12.1. The third kappa shape index (κ3) is 4.50. The number of halogens is 3. The number of anilines is 1. The third-order valence-corrected chi connectivity index (χ3v) is 4.44. The highest BCUT2D eigenvalue weighted by Crippen LogP contribution is 2.37. The van der Waals surface area contributed by atoms with Crippen molar-refractivity contribution in [2.24, 2.45) is 0 Å². The largest absolute Gasteiger partial charge is 0.418 e. The fourth-order valence-electron chi connectivity index (χ4n) is 1.99. The molecule has 140 valence electrons. The number of hydrogen-bond donors (Lipinski definition) is 1. The molecule has 1 aromatic heterocycles. The molecule has 1 N–H and O–H groups in total. The molecule has 2 aromatic rings. The van der Waals surface area contributed by atoms with Gasteiger partial charge >= 0.3 is 6.18 Å². The van der Waals surface area contributed by atoms with Gasteiger partial charge in [-0.1, -0.05) is 11.8 Å². The maximum absolute atomic E-state index is 13.1. The fourth-order valence-corrected chi connectivity index (χ4v) is 2.88. The molecular formula is C14H14F3N5O3S. The second-order valence-electron chi connectivity index (χ2n) is 5.13. The van der Waals surface area contributed by atoms with E-state index in [-0.39, 0.29) is 0 Å². The summed E-state index contributed by atoms with van der Waals surface area (Å²) < 4.78 is 41.1. The first-order valence-electron chi connectivity index (χ1n) is 7.34. The Labute approximate surface area is 149 Å². The Hall–Kier alpha value is -2.63. The number of nitrogens with zero attached hydrogens (tertiary/aromatic N) is 4. The van der Waals surface area contributed by atoms with E-state index >= 15 is 0 Å². The minimum atomic E-state index is -4.85. The number of aromatic nitrogens is 3. The van der Waals surface area contributed by atoms with Gasteiger partial charge in [0.05, 0.1) is 21.4 Å². The van der Waals surface area contributed by atoms with Crippen LogP contribution in [-0.4, -0.2) is 30.8 Å². The lowest BCUT2D eigenvalue weighted by Crippen LogP contribution is -2.24. The van der Waals surface area contributed by atoms with E-state index in [1.54, 1.807) is 4.57 Å². The molecule has 0 saturated heterocycles. The number of alkyl halides is 3. The molecule has 1 aromatic carbocycles. The number of benzene rings is 1. The lowest BCUT2D eigenvalue weighted by molar-refractivity contribution is -0.385. The van der Waals surface area contributed by atoms with Gasteiger partial charge in [-0.3, -0.25) is 14.9 Å². The van der Waals surface area contributed by atoms with Crippen LogP contribution < -0.4 is 5.32 Å². The van der Waals surface area contributed by atoms with Gasteiger partial charge in [0.1, 0.15) is 6.33 Å². The molecule has 0 spiro atoms. The van der Waals surface area contributed by atoms with Crippen molar-refractivity contribution in [1.82, 2.24) is 14.8 Å². The van der Waals surface area contributed by atoms with Crippen LogP contribution in [0, 0.1) is 10.1 Å². The highest BCUT2D eigenvalue weighted by atomic mass is 32.2. The Balaban J connectivity index is 2.21. The Morgan fingerprint density at radius 3 is 2.73 bits per heavy atom. The van der Waals surface area contributed by atoms with Crippen LogP contribution in [0.3, 0.4) is 0 Å². The van der Waals surface area contributed by atoms with Crippen molar-refractivity contribution in [1.29, 1.82) is 0 Å². The van der Waals surface area contributed by atoms with Gasteiger partial charge in [-0.15, -0.1) is 10.2 Å². The highest BCUT2D eigenvalue weighted by molar-refractivity contribution is 8.00. The summed E-state index contributed by atoms with van der Waals surface area (Å²) in [5.74, 6) is -0.694. The molecule has 1 heterocycles. The lowest BCUT2D eigenvalue weighted by atomic mass is 10.1. The van der Waals surface area contributed by atoms with E-state index in [0.29, 0.717) is 17.8 Å². The van der Waals surface area contributed by atoms with Gasteiger partial charge in [0, 0.05) is 18.7 Å². The van der Waals surface area contributed by atoms with E-state index in [9.17, 15) is 28.1 Å². The second kappa shape index (κ2) is 7.72. The maximum atomic E-state index is 13.1. The molecule has 0 aliphatic carbocycles. The van der Waals surface area contributed by atoms with Gasteiger partial charge < -0.3 is 9.88 Å². The number of carbonyl (C=O) groups excluding carboxylic acids is 1. The van der Waals surface area contributed by atoms with E-state index in [4.69, 9.17) is 0 Å². The minimum Gasteiger partial charge on any atom is -0.325 e. The predicted molar refractivity (Wildman–Crippen MR) is 87.7 cm³/mol. The van der Waals surface area contributed by atoms with E-state index in [0.717, 1.165) is 23.9 Å². The molecule has 0 radical (unpaired) electrons. The summed E-state index contributed by atoms with van der Waals surface area (Å²) in [7, 11) is 0. The van der Waals surface area contributed by atoms with Crippen molar-refractivity contribution in [2.45, 2.75) is 37.0 Å². The SMILES string of the molecule is CCn1cnnc1S[C@H](C)C(=O)Nc1ccc([N+](=O)[O-])cc1C(F)(F)F. The molecule has 0 aliphatic rings. The number of nitro groups is 1. The Morgan fingerprint density at radius 1 is 1.46 bits per heavy atom. The van der Waals surface area contributed by atoms with Crippen LogP contribution in [0.4, 0.5) is 24.5 Å². The molecule has 0 aliphatic heterocycles. The molecule has 0 bridgehead atoms. The predicted octanol–water partition coefficient (Wildman–Crippen LogP) is 3.34. The van der Waals surface area contributed by atoms with E-state index in [1.807, 2.05) is 6.92 Å². The first kappa shape index (κ1) is 19.7. The number of hydrogen-bond acceptors (Lipinski definition) is 6.